The van der Waals surface area contributed by atoms with Gasteiger partial charge in [-0.25, -0.2) is 4.79 Å². The van der Waals surface area contributed by atoms with Crippen molar-refractivity contribution in [3.63, 3.8) is 0 Å². The minimum atomic E-state index is -0.404. The highest BCUT2D eigenvalue weighted by atomic mass is 16.6. The van der Waals surface area contributed by atoms with E-state index in [-0.39, 0.29) is 12.2 Å². The van der Waals surface area contributed by atoms with Gasteiger partial charge < -0.3 is 14.6 Å². The van der Waals surface area contributed by atoms with E-state index in [2.05, 4.69) is 0 Å². The first-order valence-corrected chi connectivity index (χ1v) is 5.31. The van der Waals surface area contributed by atoms with Gasteiger partial charge in [-0.1, -0.05) is 6.92 Å². The third-order valence-electron chi connectivity index (χ3n) is 2.47. The number of hydrogen-bond acceptors (Lipinski definition) is 4. The lowest BCUT2D eigenvalue weighted by molar-refractivity contribution is -0.149. The number of unbranched alkanes of at least 4 members (excludes halogenated alkanes) is 1. The molecule has 0 fully saturated rings. The number of carbonyl (C=O) groups is 1. The average Bonchev–Trinajstić information content (AvgIpc) is 2.19. The van der Waals surface area contributed by atoms with E-state index in [1.165, 1.54) is 0 Å². The second kappa shape index (κ2) is 5.16. The third-order valence-corrected chi connectivity index (χ3v) is 2.47. The summed E-state index contributed by atoms with van der Waals surface area (Å²) in [7, 11) is 0. The van der Waals surface area contributed by atoms with E-state index >= 15 is 0 Å². The van der Waals surface area contributed by atoms with Gasteiger partial charge in [0.25, 0.3) is 0 Å². The summed E-state index contributed by atoms with van der Waals surface area (Å²) in [5.74, 6) is -0.0952. The molecule has 1 N–H and O–H groups in total. The van der Waals surface area contributed by atoms with E-state index in [9.17, 15) is 4.79 Å². The summed E-state index contributed by atoms with van der Waals surface area (Å²) < 4.78 is 10.3. The number of aliphatic hydroxyl groups excluding tert-OH is 1. The summed E-state index contributed by atoms with van der Waals surface area (Å²) in [6, 6.07) is 0. The Morgan fingerprint density at radius 3 is 2.80 bits per heavy atom. The molecule has 4 nitrogen and oxygen atoms in total. The minimum Gasteiger partial charge on any atom is -0.476 e. The maximum Gasteiger partial charge on any atom is 0.373 e. The Bertz CT molecular complexity index is 259. The SMILES string of the molecule is CCC1(C)C=C(C(=O)OCCCCO)O1. The molecule has 0 amide bonds. The van der Waals surface area contributed by atoms with Crippen LogP contribution in [0.4, 0.5) is 0 Å². The van der Waals surface area contributed by atoms with Gasteiger partial charge in [-0.05, 0) is 26.2 Å². The molecular weight excluding hydrogens is 196 g/mol. The molecule has 0 aliphatic carbocycles. The zero-order valence-electron chi connectivity index (χ0n) is 9.28. The minimum absolute atomic E-state index is 0.130. The van der Waals surface area contributed by atoms with Gasteiger partial charge in [0.05, 0.1) is 6.61 Å². The molecule has 0 saturated heterocycles. The van der Waals surface area contributed by atoms with E-state index in [1.54, 1.807) is 6.08 Å². The molecule has 15 heavy (non-hydrogen) atoms. The Labute approximate surface area is 89.9 Å². The maximum absolute atomic E-state index is 11.3. The number of carbonyl (C=O) groups excluding carboxylic acids is 1. The Hall–Kier alpha value is -1.03. The molecule has 1 aliphatic heterocycles. The lowest BCUT2D eigenvalue weighted by atomic mass is 9.97. The highest BCUT2D eigenvalue weighted by Gasteiger charge is 2.36. The molecular formula is C11H18O4. The number of hydrogen-bond donors (Lipinski definition) is 1. The van der Waals surface area contributed by atoms with Crippen LogP contribution in [-0.4, -0.2) is 29.9 Å². The van der Waals surface area contributed by atoms with Gasteiger partial charge in [0.2, 0.25) is 5.76 Å². The van der Waals surface area contributed by atoms with Crippen molar-refractivity contribution < 1.29 is 19.4 Å². The molecule has 0 bridgehead atoms. The van der Waals surface area contributed by atoms with Crippen LogP contribution in [0.25, 0.3) is 0 Å². The standard InChI is InChI=1S/C11H18O4/c1-3-11(2)8-9(15-11)10(13)14-7-5-4-6-12/h8,12H,3-7H2,1-2H3. The zero-order chi connectivity index (χ0) is 11.3. The van der Waals surface area contributed by atoms with Crippen LogP contribution in [-0.2, 0) is 14.3 Å². The Morgan fingerprint density at radius 1 is 1.60 bits per heavy atom. The lowest BCUT2D eigenvalue weighted by Gasteiger charge is -2.35. The van der Waals surface area contributed by atoms with Crippen LogP contribution < -0.4 is 0 Å². The summed E-state index contributed by atoms with van der Waals surface area (Å²) in [6.07, 6.45) is 3.97. The van der Waals surface area contributed by atoms with Gasteiger partial charge in [-0.3, -0.25) is 0 Å². The van der Waals surface area contributed by atoms with Crippen LogP contribution >= 0.6 is 0 Å². The first kappa shape index (κ1) is 12.0. The van der Waals surface area contributed by atoms with Gasteiger partial charge in [0.1, 0.15) is 5.60 Å². The van der Waals surface area contributed by atoms with Crippen LogP contribution in [0.3, 0.4) is 0 Å². The van der Waals surface area contributed by atoms with Gasteiger partial charge >= 0.3 is 5.97 Å². The van der Waals surface area contributed by atoms with Crippen molar-refractivity contribution in [3.8, 4) is 0 Å². The molecule has 0 saturated carbocycles. The van der Waals surface area contributed by atoms with Crippen LogP contribution in [0.5, 0.6) is 0 Å². The Kier molecular flexibility index (Phi) is 4.15. The van der Waals surface area contributed by atoms with Crippen molar-refractivity contribution in [1.29, 1.82) is 0 Å². The molecule has 1 rings (SSSR count). The van der Waals surface area contributed by atoms with Gasteiger partial charge in [-0.15, -0.1) is 0 Å². The van der Waals surface area contributed by atoms with Crippen molar-refractivity contribution >= 4 is 5.97 Å². The van der Waals surface area contributed by atoms with E-state index in [4.69, 9.17) is 14.6 Å². The first-order valence-electron chi connectivity index (χ1n) is 5.31. The van der Waals surface area contributed by atoms with Crippen molar-refractivity contribution in [2.75, 3.05) is 13.2 Å². The fourth-order valence-electron chi connectivity index (χ4n) is 1.25. The monoisotopic (exact) mass is 214 g/mol. The molecule has 1 unspecified atom stereocenters. The maximum atomic E-state index is 11.3. The molecule has 0 spiro atoms. The predicted molar refractivity (Wildman–Crippen MR) is 55.1 cm³/mol. The van der Waals surface area contributed by atoms with Crippen molar-refractivity contribution in [1.82, 2.24) is 0 Å². The molecule has 1 atom stereocenters. The fourth-order valence-corrected chi connectivity index (χ4v) is 1.25. The molecule has 4 heteroatoms. The van der Waals surface area contributed by atoms with Crippen LogP contribution in [0, 0.1) is 0 Å². The Morgan fingerprint density at radius 2 is 2.27 bits per heavy atom. The molecule has 0 aromatic heterocycles. The number of ether oxygens (including phenoxy) is 2. The topological polar surface area (TPSA) is 55.8 Å². The second-order valence-corrected chi connectivity index (χ2v) is 3.84. The van der Waals surface area contributed by atoms with E-state index < -0.39 is 5.97 Å². The predicted octanol–water partition coefficient (Wildman–Crippen LogP) is 1.38. The summed E-state index contributed by atoms with van der Waals surface area (Å²) in [4.78, 5) is 11.3. The second-order valence-electron chi connectivity index (χ2n) is 3.84. The lowest BCUT2D eigenvalue weighted by Crippen LogP contribution is -2.37. The number of aliphatic hydroxyl groups is 1. The summed E-state index contributed by atoms with van der Waals surface area (Å²) in [5.41, 5.74) is -0.292. The average molecular weight is 214 g/mol. The molecule has 0 radical (unpaired) electrons. The summed E-state index contributed by atoms with van der Waals surface area (Å²) in [5, 5.41) is 8.52. The van der Waals surface area contributed by atoms with E-state index in [0.717, 1.165) is 6.42 Å². The van der Waals surface area contributed by atoms with Crippen molar-refractivity contribution in [2.45, 2.75) is 38.7 Å². The third kappa shape index (κ3) is 3.23. The molecule has 86 valence electrons. The van der Waals surface area contributed by atoms with E-state index in [1.807, 2.05) is 13.8 Å². The largest absolute Gasteiger partial charge is 0.476 e. The zero-order valence-corrected chi connectivity index (χ0v) is 9.28. The molecule has 1 heterocycles. The smallest absolute Gasteiger partial charge is 0.373 e. The van der Waals surface area contributed by atoms with Crippen molar-refractivity contribution in [2.24, 2.45) is 0 Å². The quantitative estimate of drug-likeness (QED) is 0.536. The first-order chi connectivity index (χ1) is 7.11. The Balaban J connectivity index is 2.23. The fraction of sp³-hybridized carbons (Fsp3) is 0.727. The molecule has 1 aliphatic rings. The summed E-state index contributed by atoms with van der Waals surface area (Å²) in [6.45, 7) is 4.39. The van der Waals surface area contributed by atoms with Crippen LogP contribution in [0.2, 0.25) is 0 Å². The van der Waals surface area contributed by atoms with Crippen molar-refractivity contribution in [3.05, 3.63) is 11.8 Å². The van der Waals surface area contributed by atoms with Crippen LogP contribution in [0.15, 0.2) is 11.8 Å². The molecule has 0 aromatic rings. The normalized spacial score (nSPS) is 23.8. The van der Waals surface area contributed by atoms with Gasteiger partial charge in [-0.2, -0.15) is 0 Å². The number of rotatable bonds is 6. The highest BCUT2D eigenvalue weighted by Crippen LogP contribution is 2.32. The summed E-state index contributed by atoms with van der Waals surface area (Å²) >= 11 is 0. The van der Waals surface area contributed by atoms with Crippen LogP contribution in [0.1, 0.15) is 33.1 Å². The molecule has 0 aromatic carbocycles. The highest BCUT2D eigenvalue weighted by molar-refractivity contribution is 5.87. The number of esters is 1. The van der Waals surface area contributed by atoms with Gasteiger partial charge in [0.15, 0.2) is 0 Å². The van der Waals surface area contributed by atoms with E-state index in [0.29, 0.717) is 25.2 Å². The van der Waals surface area contributed by atoms with Gasteiger partial charge in [0, 0.05) is 12.7 Å².